The van der Waals surface area contributed by atoms with Crippen molar-refractivity contribution >= 4 is 27.7 Å². The highest BCUT2D eigenvalue weighted by Crippen LogP contribution is 2.11. The third-order valence-electron chi connectivity index (χ3n) is 2.10. The highest BCUT2D eigenvalue weighted by atomic mass is 79.9. The van der Waals surface area contributed by atoms with Crippen molar-refractivity contribution in [3.05, 3.63) is 53.1 Å². The fourth-order valence-corrected chi connectivity index (χ4v) is 1.67. The first-order valence-corrected chi connectivity index (χ1v) is 6.13. The molecule has 2 aromatic rings. The Morgan fingerprint density at radius 1 is 1.17 bits per heavy atom. The molecule has 1 aromatic heterocycles. The van der Waals surface area contributed by atoms with Crippen LogP contribution in [-0.2, 0) is 4.79 Å². The van der Waals surface area contributed by atoms with E-state index in [1.54, 1.807) is 30.3 Å². The van der Waals surface area contributed by atoms with Gasteiger partial charge in [0.25, 0.3) is 5.91 Å². The number of halogens is 1. The first-order chi connectivity index (χ1) is 8.74. The number of carbonyl (C=O) groups is 1. The Hall–Kier alpha value is -1.88. The monoisotopic (exact) mass is 306 g/mol. The standard InChI is InChI=1S/C13H11BrN2O2/c14-11-7-4-8-12(15-11)16-13(17)9-18-10-5-2-1-3-6-10/h1-8H,9H2,(H,15,16,17). The van der Waals surface area contributed by atoms with E-state index in [4.69, 9.17) is 4.74 Å². The molecular weight excluding hydrogens is 296 g/mol. The van der Waals surface area contributed by atoms with Gasteiger partial charge in [0.15, 0.2) is 6.61 Å². The van der Waals surface area contributed by atoms with Crippen molar-refractivity contribution in [1.82, 2.24) is 4.98 Å². The Bertz CT molecular complexity index is 532. The molecule has 0 aliphatic heterocycles. The number of amides is 1. The molecule has 1 aromatic carbocycles. The summed E-state index contributed by atoms with van der Waals surface area (Å²) >= 11 is 3.23. The van der Waals surface area contributed by atoms with Crippen molar-refractivity contribution in [2.45, 2.75) is 0 Å². The van der Waals surface area contributed by atoms with E-state index >= 15 is 0 Å². The van der Waals surface area contributed by atoms with Gasteiger partial charge in [-0.1, -0.05) is 24.3 Å². The fourth-order valence-electron chi connectivity index (χ4n) is 1.32. The topological polar surface area (TPSA) is 51.2 Å². The predicted molar refractivity (Wildman–Crippen MR) is 72.5 cm³/mol. The molecule has 5 heteroatoms. The summed E-state index contributed by atoms with van der Waals surface area (Å²) < 4.78 is 5.99. The predicted octanol–water partition coefficient (Wildman–Crippen LogP) is 2.86. The largest absolute Gasteiger partial charge is 0.484 e. The average molecular weight is 307 g/mol. The zero-order valence-corrected chi connectivity index (χ0v) is 11.1. The van der Waals surface area contributed by atoms with Crippen LogP contribution in [0.5, 0.6) is 5.75 Å². The molecule has 1 amide bonds. The maximum Gasteiger partial charge on any atom is 0.263 e. The number of hydrogen-bond acceptors (Lipinski definition) is 3. The number of carbonyl (C=O) groups excluding carboxylic acids is 1. The Kier molecular flexibility index (Phi) is 4.30. The molecule has 0 aliphatic rings. The Labute approximate surface area is 113 Å². The molecule has 1 N–H and O–H groups in total. The second-order valence-corrected chi connectivity index (χ2v) is 4.31. The molecule has 0 radical (unpaired) electrons. The van der Waals surface area contributed by atoms with Gasteiger partial charge in [-0.2, -0.15) is 0 Å². The SMILES string of the molecule is O=C(COc1ccccc1)Nc1cccc(Br)n1. The van der Waals surface area contributed by atoms with Gasteiger partial charge in [-0.3, -0.25) is 4.79 Å². The number of benzene rings is 1. The third kappa shape index (κ3) is 3.85. The molecule has 0 aliphatic carbocycles. The minimum atomic E-state index is -0.246. The van der Waals surface area contributed by atoms with Crippen LogP contribution in [0.2, 0.25) is 0 Å². The maximum absolute atomic E-state index is 11.6. The Balaban J connectivity index is 1.86. The lowest BCUT2D eigenvalue weighted by Gasteiger charge is -2.06. The molecule has 0 unspecified atom stereocenters. The normalized spacial score (nSPS) is 9.83. The Morgan fingerprint density at radius 2 is 1.94 bits per heavy atom. The lowest BCUT2D eigenvalue weighted by Crippen LogP contribution is -2.20. The molecular formula is C13H11BrN2O2. The molecule has 2 rings (SSSR count). The van der Waals surface area contributed by atoms with E-state index in [9.17, 15) is 4.79 Å². The summed E-state index contributed by atoms with van der Waals surface area (Å²) in [5.41, 5.74) is 0. The van der Waals surface area contributed by atoms with E-state index in [0.717, 1.165) is 0 Å². The molecule has 0 atom stereocenters. The average Bonchev–Trinajstić information content (AvgIpc) is 2.38. The van der Waals surface area contributed by atoms with Gasteiger partial charge >= 0.3 is 0 Å². The maximum atomic E-state index is 11.6. The van der Waals surface area contributed by atoms with Crippen LogP contribution < -0.4 is 10.1 Å². The zero-order valence-electron chi connectivity index (χ0n) is 9.47. The van der Waals surface area contributed by atoms with Gasteiger partial charge in [0, 0.05) is 0 Å². The highest BCUT2D eigenvalue weighted by Gasteiger charge is 2.04. The minimum Gasteiger partial charge on any atom is -0.484 e. The second-order valence-electron chi connectivity index (χ2n) is 3.50. The minimum absolute atomic E-state index is 0.0434. The number of rotatable bonds is 4. The van der Waals surface area contributed by atoms with Crippen LogP contribution in [0.15, 0.2) is 53.1 Å². The van der Waals surface area contributed by atoms with Crippen LogP contribution >= 0.6 is 15.9 Å². The highest BCUT2D eigenvalue weighted by molar-refractivity contribution is 9.10. The van der Waals surface area contributed by atoms with Crippen molar-refractivity contribution in [2.75, 3.05) is 11.9 Å². The lowest BCUT2D eigenvalue weighted by atomic mass is 10.3. The first kappa shape index (κ1) is 12.6. The molecule has 4 nitrogen and oxygen atoms in total. The van der Waals surface area contributed by atoms with Crippen LogP contribution in [0, 0.1) is 0 Å². The summed E-state index contributed by atoms with van der Waals surface area (Å²) in [6.07, 6.45) is 0. The van der Waals surface area contributed by atoms with E-state index < -0.39 is 0 Å². The van der Waals surface area contributed by atoms with E-state index in [0.29, 0.717) is 16.2 Å². The number of anilines is 1. The van der Waals surface area contributed by atoms with Gasteiger partial charge in [0.1, 0.15) is 16.2 Å². The summed E-state index contributed by atoms with van der Waals surface area (Å²) in [5.74, 6) is 0.908. The molecule has 0 bridgehead atoms. The molecule has 0 saturated heterocycles. The number of aromatic nitrogens is 1. The quantitative estimate of drug-likeness (QED) is 0.884. The van der Waals surface area contributed by atoms with Gasteiger partial charge < -0.3 is 10.1 Å². The number of pyridine rings is 1. The molecule has 0 saturated carbocycles. The Morgan fingerprint density at radius 3 is 2.67 bits per heavy atom. The third-order valence-corrected chi connectivity index (χ3v) is 2.54. The summed E-state index contributed by atoms with van der Waals surface area (Å²) in [6, 6.07) is 14.5. The molecule has 0 spiro atoms. The van der Waals surface area contributed by atoms with Crippen LogP contribution in [0.25, 0.3) is 0 Å². The van der Waals surface area contributed by atoms with Crippen LogP contribution in [0.1, 0.15) is 0 Å². The summed E-state index contributed by atoms with van der Waals surface area (Å²) in [4.78, 5) is 15.7. The number of ether oxygens (including phenoxy) is 1. The molecule has 92 valence electrons. The van der Waals surface area contributed by atoms with Crippen molar-refractivity contribution in [2.24, 2.45) is 0 Å². The van der Waals surface area contributed by atoms with Gasteiger partial charge in [-0.25, -0.2) is 4.98 Å². The van der Waals surface area contributed by atoms with E-state index in [-0.39, 0.29) is 12.5 Å². The lowest BCUT2D eigenvalue weighted by molar-refractivity contribution is -0.118. The van der Waals surface area contributed by atoms with E-state index in [1.807, 2.05) is 18.2 Å². The van der Waals surface area contributed by atoms with Gasteiger partial charge in [0.2, 0.25) is 0 Å². The van der Waals surface area contributed by atoms with Crippen LogP contribution in [0.4, 0.5) is 5.82 Å². The zero-order chi connectivity index (χ0) is 12.8. The van der Waals surface area contributed by atoms with Gasteiger partial charge in [-0.05, 0) is 40.2 Å². The van der Waals surface area contributed by atoms with Crippen molar-refractivity contribution in [1.29, 1.82) is 0 Å². The number of nitrogens with zero attached hydrogens (tertiary/aromatic N) is 1. The molecule has 1 heterocycles. The summed E-state index contributed by atoms with van der Waals surface area (Å²) in [7, 11) is 0. The summed E-state index contributed by atoms with van der Waals surface area (Å²) in [5, 5.41) is 2.65. The number of para-hydroxylation sites is 1. The van der Waals surface area contributed by atoms with Crippen molar-refractivity contribution in [3.63, 3.8) is 0 Å². The summed E-state index contributed by atoms with van der Waals surface area (Å²) in [6.45, 7) is -0.0434. The van der Waals surface area contributed by atoms with Crippen molar-refractivity contribution in [3.8, 4) is 5.75 Å². The van der Waals surface area contributed by atoms with E-state index in [1.165, 1.54) is 0 Å². The van der Waals surface area contributed by atoms with Crippen molar-refractivity contribution < 1.29 is 9.53 Å². The van der Waals surface area contributed by atoms with Crippen LogP contribution in [0.3, 0.4) is 0 Å². The molecule has 0 fully saturated rings. The van der Waals surface area contributed by atoms with Gasteiger partial charge in [-0.15, -0.1) is 0 Å². The second kappa shape index (κ2) is 6.16. The smallest absolute Gasteiger partial charge is 0.263 e. The molecule has 18 heavy (non-hydrogen) atoms. The van der Waals surface area contributed by atoms with Gasteiger partial charge in [0.05, 0.1) is 0 Å². The van der Waals surface area contributed by atoms with E-state index in [2.05, 4.69) is 26.2 Å². The number of nitrogens with one attached hydrogen (secondary N) is 1. The first-order valence-electron chi connectivity index (χ1n) is 5.34. The van der Waals surface area contributed by atoms with Crippen LogP contribution in [-0.4, -0.2) is 17.5 Å². The number of hydrogen-bond donors (Lipinski definition) is 1. The fraction of sp³-hybridized carbons (Fsp3) is 0.0769.